The molecule has 2 rings (SSSR count). The summed E-state index contributed by atoms with van der Waals surface area (Å²) in [7, 11) is 0. The third-order valence-electron chi connectivity index (χ3n) is 3.01. The summed E-state index contributed by atoms with van der Waals surface area (Å²) in [5, 5.41) is 0. The lowest BCUT2D eigenvalue weighted by Gasteiger charge is -2.11. The molecule has 0 fully saturated rings. The van der Waals surface area contributed by atoms with Crippen LogP contribution in [0.3, 0.4) is 0 Å². The van der Waals surface area contributed by atoms with E-state index in [2.05, 4.69) is 42.9 Å². The van der Waals surface area contributed by atoms with Crippen LogP contribution in [0.5, 0.6) is 0 Å². The van der Waals surface area contributed by atoms with E-state index in [0.29, 0.717) is 6.54 Å². The van der Waals surface area contributed by atoms with Gasteiger partial charge in [-0.2, -0.15) is 0 Å². The van der Waals surface area contributed by atoms with Gasteiger partial charge in [-0.1, -0.05) is 17.7 Å². The Labute approximate surface area is 108 Å². The van der Waals surface area contributed by atoms with E-state index >= 15 is 0 Å². The number of benzene rings is 1. The molecule has 2 N–H and O–H groups in total. The summed E-state index contributed by atoms with van der Waals surface area (Å²) in [6.45, 7) is 6.94. The summed E-state index contributed by atoms with van der Waals surface area (Å²) in [5.41, 5.74) is 11.5. The standard InChI is InChI=1S/C15H19N3/c1-10-8-11(2)15(12(3)9-10)13-5-7-17-14(18-13)4-6-16/h5,7-9H,4,6,16H2,1-3H3. The van der Waals surface area contributed by atoms with Gasteiger partial charge in [-0.3, -0.25) is 0 Å². The van der Waals surface area contributed by atoms with Crippen LogP contribution in [0.15, 0.2) is 24.4 Å². The van der Waals surface area contributed by atoms with E-state index in [1.54, 1.807) is 0 Å². The van der Waals surface area contributed by atoms with Gasteiger partial charge >= 0.3 is 0 Å². The quantitative estimate of drug-likeness (QED) is 0.898. The second-order valence-electron chi connectivity index (χ2n) is 4.67. The van der Waals surface area contributed by atoms with E-state index in [0.717, 1.165) is 17.9 Å². The van der Waals surface area contributed by atoms with E-state index in [4.69, 9.17) is 5.73 Å². The molecular formula is C15H19N3. The second-order valence-corrected chi connectivity index (χ2v) is 4.67. The summed E-state index contributed by atoms with van der Waals surface area (Å²) in [6.07, 6.45) is 2.53. The highest BCUT2D eigenvalue weighted by Crippen LogP contribution is 2.26. The molecule has 0 aliphatic heterocycles. The number of hydrogen-bond donors (Lipinski definition) is 1. The van der Waals surface area contributed by atoms with E-state index < -0.39 is 0 Å². The van der Waals surface area contributed by atoms with Gasteiger partial charge in [0.05, 0.1) is 5.69 Å². The summed E-state index contributed by atoms with van der Waals surface area (Å²) >= 11 is 0. The zero-order valence-corrected chi connectivity index (χ0v) is 11.2. The van der Waals surface area contributed by atoms with E-state index in [1.807, 2.05) is 12.3 Å². The molecule has 0 saturated carbocycles. The minimum Gasteiger partial charge on any atom is -0.330 e. The van der Waals surface area contributed by atoms with Crippen LogP contribution in [0, 0.1) is 20.8 Å². The van der Waals surface area contributed by atoms with Crippen LogP contribution >= 0.6 is 0 Å². The number of aryl methyl sites for hydroxylation is 3. The maximum atomic E-state index is 5.55. The van der Waals surface area contributed by atoms with Crippen molar-refractivity contribution in [1.29, 1.82) is 0 Å². The third-order valence-corrected chi connectivity index (χ3v) is 3.01. The molecule has 1 heterocycles. The van der Waals surface area contributed by atoms with Crippen LogP contribution in [0.25, 0.3) is 11.3 Å². The van der Waals surface area contributed by atoms with Gasteiger partial charge in [0.1, 0.15) is 5.82 Å². The Bertz CT molecular complexity index is 538. The van der Waals surface area contributed by atoms with E-state index in [-0.39, 0.29) is 0 Å². The highest BCUT2D eigenvalue weighted by Gasteiger charge is 2.08. The Morgan fingerprint density at radius 1 is 1.11 bits per heavy atom. The molecule has 1 aromatic heterocycles. The van der Waals surface area contributed by atoms with Gasteiger partial charge in [0.25, 0.3) is 0 Å². The number of aromatic nitrogens is 2. The topological polar surface area (TPSA) is 51.8 Å². The lowest BCUT2D eigenvalue weighted by atomic mass is 9.97. The van der Waals surface area contributed by atoms with Crippen molar-refractivity contribution < 1.29 is 0 Å². The van der Waals surface area contributed by atoms with Crippen molar-refractivity contribution in [3.8, 4) is 11.3 Å². The lowest BCUT2D eigenvalue weighted by Crippen LogP contribution is -2.07. The average Bonchev–Trinajstić information content (AvgIpc) is 2.28. The lowest BCUT2D eigenvalue weighted by molar-refractivity contribution is 0.869. The van der Waals surface area contributed by atoms with Crippen molar-refractivity contribution in [2.45, 2.75) is 27.2 Å². The molecular weight excluding hydrogens is 222 g/mol. The molecule has 0 saturated heterocycles. The molecule has 3 heteroatoms. The van der Waals surface area contributed by atoms with Crippen LogP contribution in [0.2, 0.25) is 0 Å². The molecule has 0 amide bonds. The van der Waals surface area contributed by atoms with E-state index in [9.17, 15) is 0 Å². The van der Waals surface area contributed by atoms with Crippen molar-refractivity contribution in [2.24, 2.45) is 5.73 Å². The van der Waals surface area contributed by atoms with Gasteiger partial charge in [-0.05, 0) is 44.5 Å². The Morgan fingerprint density at radius 2 is 1.78 bits per heavy atom. The highest BCUT2D eigenvalue weighted by molar-refractivity contribution is 5.67. The molecule has 0 aliphatic rings. The van der Waals surface area contributed by atoms with Crippen LogP contribution in [0.1, 0.15) is 22.5 Å². The minimum absolute atomic E-state index is 0.579. The third kappa shape index (κ3) is 2.57. The van der Waals surface area contributed by atoms with Gasteiger partial charge in [0.2, 0.25) is 0 Å². The first-order valence-electron chi connectivity index (χ1n) is 6.22. The second kappa shape index (κ2) is 5.27. The number of rotatable bonds is 3. The zero-order valence-electron chi connectivity index (χ0n) is 11.2. The molecule has 0 unspecified atom stereocenters. The monoisotopic (exact) mass is 241 g/mol. The number of nitrogens with zero attached hydrogens (tertiary/aromatic N) is 2. The first kappa shape index (κ1) is 12.7. The van der Waals surface area contributed by atoms with Crippen LogP contribution in [-0.2, 0) is 6.42 Å². The fraction of sp³-hybridized carbons (Fsp3) is 0.333. The van der Waals surface area contributed by atoms with Crippen molar-refractivity contribution in [3.05, 3.63) is 46.9 Å². The zero-order chi connectivity index (χ0) is 13.1. The average molecular weight is 241 g/mol. The minimum atomic E-state index is 0.579. The molecule has 18 heavy (non-hydrogen) atoms. The molecule has 2 aromatic rings. The first-order chi connectivity index (χ1) is 8.61. The smallest absolute Gasteiger partial charge is 0.130 e. The van der Waals surface area contributed by atoms with E-state index in [1.165, 1.54) is 22.3 Å². The molecule has 0 bridgehead atoms. The SMILES string of the molecule is Cc1cc(C)c(-c2ccnc(CCN)n2)c(C)c1. The molecule has 0 radical (unpaired) electrons. The molecule has 94 valence electrons. The molecule has 0 aliphatic carbocycles. The number of nitrogens with two attached hydrogens (primary N) is 1. The Hall–Kier alpha value is -1.74. The molecule has 0 spiro atoms. The van der Waals surface area contributed by atoms with Gasteiger partial charge in [-0.25, -0.2) is 9.97 Å². The summed E-state index contributed by atoms with van der Waals surface area (Å²) in [4.78, 5) is 8.83. The van der Waals surface area contributed by atoms with Crippen molar-refractivity contribution in [2.75, 3.05) is 6.54 Å². The maximum Gasteiger partial charge on any atom is 0.130 e. The summed E-state index contributed by atoms with van der Waals surface area (Å²) in [5.74, 6) is 0.814. The predicted octanol–water partition coefficient (Wildman–Crippen LogP) is 2.57. The Kier molecular flexibility index (Phi) is 3.72. The fourth-order valence-corrected chi connectivity index (χ4v) is 2.37. The van der Waals surface area contributed by atoms with Crippen LogP contribution in [-0.4, -0.2) is 16.5 Å². The fourth-order valence-electron chi connectivity index (χ4n) is 2.37. The largest absolute Gasteiger partial charge is 0.330 e. The summed E-state index contributed by atoms with van der Waals surface area (Å²) < 4.78 is 0. The highest BCUT2D eigenvalue weighted by atomic mass is 14.9. The van der Waals surface area contributed by atoms with Gasteiger partial charge in [0, 0.05) is 18.2 Å². The molecule has 1 aromatic carbocycles. The Balaban J connectivity index is 2.51. The van der Waals surface area contributed by atoms with Crippen LogP contribution < -0.4 is 5.73 Å². The maximum absolute atomic E-state index is 5.55. The number of hydrogen-bond acceptors (Lipinski definition) is 3. The molecule has 3 nitrogen and oxygen atoms in total. The first-order valence-corrected chi connectivity index (χ1v) is 6.22. The van der Waals surface area contributed by atoms with Gasteiger partial charge in [-0.15, -0.1) is 0 Å². The molecule has 0 atom stereocenters. The van der Waals surface area contributed by atoms with Gasteiger partial charge in [0.15, 0.2) is 0 Å². The Morgan fingerprint density at radius 3 is 2.39 bits per heavy atom. The van der Waals surface area contributed by atoms with Crippen molar-refractivity contribution >= 4 is 0 Å². The normalized spacial score (nSPS) is 10.7. The predicted molar refractivity (Wildman–Crippen MR) is 74.4 cm³/mol. The van der Waals surface area contributed by atoms with Crippen LogP contribution in [0.4, 0.5) is 0 Å². The van der Waals surface area contributed by atoms with Crippen molar-refractivity contribution in [1.82, 2.24) is 9.97 Å². The van der Waals surface area contributed by atoms with Gasteiger partial charge < -0.3 is 5.73 Å². The van der Waals surface area contributed by atoms with Crippen molar-refractivity contribution in [3.63, 3.8) is 0 Å². The summed E-state index contributed by atoms with van der Waals surface area (Å²) in [6, 6.07) is 6.34.